The molecule has 3 nitrogen and oxygen atoms in total. The summed E-state index contributed by atoms with van der Waals surface area (Å²) in [6, 6.07) is 8.13. The van der Waals surface area contributed by atoms with Crippen LogP contribution in [0.4, 0.5) is 0 Å². The molecule has 0 saturated carbocycles. The molecule has 1 aliphatic heterocycles. The maximum Gasteiger partial charge on any atom is 0.0967 e. The number of rotatable bonds is 2. The van der Waals surface area contributed by atoms with Crippen molar-refractivity contribution < 1.29 is 9.84 Å². The first-order chi connectivity index (χ1) is 8.75. The van der Waals surface area contributed by atoms with Crippen LogP contribution in [0.5, 0.6) is 0 Å². The molecule has 4 heteroatoms. The number of fused-ring (bicyclic) bond motifs is 1. The van der Waals surface area contributed by atoms with Crippen molar-refractivity contribution in [2.75, 3.05) is 13.2 Å². The van der Waals surface area contributed by atoms with Gasteiger partial charge in [-0.2, -0.15) is 0 Å². The minimum atomic E-state index is -0.635. The van der Waals surface area contributed by atoms with Crippen molar-refractivity contribution >= 4 is 21.6 Å². The second kappa shape index (κ2) is 4.96. The Bertz CT molecular complexity index is 496. The van der Waals surface area contributed by atoms with Crippen LogP contribution in [-0.2, 0) is 11.2 Å². The first-order valence-corrected chi connectivity index (χ1v) is 7.21. The fourth-order valence-corrected chi connectivity index (χ4v) is 3.55. The molecule has 3 rings (SSSR count). The molecule has 0 spiro atoms. The van der Waals surface area contributed by atoms with E-state index in [0.29, 0.717) is 19.4 Å². The fourth-order valence-electron chi connectivity index (χ4n) is 2.45. The van der Waals surface area contributed by atoms with E-state index in [0.717, 1.165) is 30.0 Å². The van der Waals surface area contributed by atoms with E-state index in [1.807, 2.05) is 18.2 Å². The number of nitrogens with zero attached hydrogens (tertiary/aromatic N) is 1. The van der Waals surface area contributed by atoms with Crippen molar-refractivity contribution in [1.29, 1.82) is 0 Å². The zero-order chi connectivity index (χ0) is 12.4. The second-order valence-corrected chi connectivity index (χ2v) is 6.06. The number of thiazole rings is 1. The average Bonchev–Trinajstić information content (AvgIpc) is 2.63. The lowest BCUT2D eigenvalue weighted by molar-refractivity contribution is 0.0189. The van der Waals surface area contributed by atoms with Crippen molar-refractivity contribution in [2.24, 2.45) is 0 Å². The number of aromatic nitrogens is 1. The molecule has 1 unspecified atom stereocenters. The average molecular weight is 263 g/mol. The Kier molecular flexibility index (Phi) is 3.33. The van der Waals surface area contributed by atoms with Gasteiger partial charge in [0.05, 0.1) is 20.8 Å². The van der Waals surface area contributed by atoms with Gasteiger partial charge in [-0.25, -0.2) is 4.98 Å². The van der Waals surface area contributed by atoms with E-state index in [9.17, 15) is 5.11 Å². The molecule has 18 heavy (non-hydrogen) atoms. The highest BCUT2D eigenvalue weighted by Gasteiger charge is 2.29. The molecule has 1 N–H and O–H groups in total. The summed E-state index contributed by atoms with van der Waals surface area (Å²) in [7, 11) is 0. The maximum absolute atomic E-state index is 10.6. The SMILES string of the molecule is OC1(Cc2nc3ccccc3s2)CCCOCC1. The zero-order valence-electron chi connectivity index (χ0n) is 10.3. The first-order valence-electron chi connectivity index (χ1n) is 6.40. The molecule has 96 valence electrons. The fraction of sp³-hybridized carbons (Fsp3) is 0.500. The lowest BCUT2D eigenvalue weighted by Crippen LogP contribution is -2.31. The van der Waals surface area contributed by atoms with Crippen molar-refractivity contribution in [3.8, 4) is 0 Å². The van der Waals surface area contributed by atoms with Gasteiger partial charge >= 0.3 is 0 Å². The summed E-state index contributed by atoms with van der Waals surface area (Å²) in [6.45, 7) is 1.42. The monoisotopic (exact) mass is 263 g/mol. The van der Waals surface area contributed by atoms with Gasteiger partial charge in [0, 0.05) is 19.6 Å². The molecule has 1 fully saturated rings. The van der Waals surface area contributed by atoms with Crippen LogP contribution in [0.2, 0.25) is 0 Å². The Hall–Kier alpha value is -0.970. The predicted octanol–water partition coefficient (Wildman–Crippen LogP) is 2.77. The summed E-state index contributed by atoms with van der Waals surface area (Å²) < 4.78 is 6.60. The minimum Gasteiger partial charge on any atom is -0.389 e. The zero-order valence-corrected chi connectivity index (χ0v) is 11.1. The van der Waals surface area contributed by atoms with Gasteiger partial charge < -0.3 is 9.84 Å². The molecular formula is C14H17NO2S. The van der Waals surface area contributed by atoms with Crippen LogP contribution >= 0.6 is 11.3 Å². The van der Waals surface area contributed by atoms with Gasteiger partial charge in [-0.3, -0.25) is 0 Å². The third-order valence-electron chi connectivity index (χ3n) is 3.46. The number of ether oxygens (including phenoxy) is 1. The highest BCUT2D eigenvalue weighted by molar-refractivity contribution is 7.18. The van der Waals surface area contributed by atoms with Gasteiger partial charge in [-0.15, -0.1) is 11.3 Å². The number of para-hydroxylation sites is 1. The summed E-state index contributed by atoms with van der Waals surface area (Å²) >= 11 is 1.68. The molecule has 1 aliphatic rings. The molecule has 1 aromatic heterocycles. The van der Waals surface area contributed by atoms with Gasteiger partial charge in [-0.1, -0.05) is 12.1 Å². The van der Waals surface area contributed by atoms with E-state index in [1.54, 1.807) is 11.3 Å². The van der Waals surface area contributed by atoms with Crippen molar-refractivity contribution in [1.82, 2.24) is 4.98 Å². The lowest BCUT2D eigenvalue weighted by atomic mass is 9.91. The van der Waals surface area contributed by atoms with E-state index < -0.39 is 5.60 Å². The normalized spacial score (nSPS) is 25.2. The summed E-state index contributed by atoms with van der Waals surface area (Å²) in [5, 5.41) is 11.6. The van der Waals surface area contributed by atoms with E-state index >= 15 is 0 Å². The van der Waals surface area contributed by atoms with Crippen LogP contribution in [0.1, 0.15) is 24.3 Å². The quantitative estimate of drug-likeness (QED) is 0.906. The molecule has 0 radical (unpaired) electrons. The van der Waals surface area contributed by atoms with Crippen LogP contribution in [0.15, 0.2) is 24.3 Å². The van der Waals surface area contributed by atoms with E-state index in [-0.39, 0.29) is 0 Å². The minimum absolute atomic E-state index is 0.635. The molecule has 0 aliphatic carbocycles. The smallest absolute Gasteiger partial charge is 0.0967 e. The van der Waals surface area contributed by atoms with Gasteiger partial charge in [0.15, 0.2) is 0 Å². The van der Waals surface area contributed by atoms with Crippen LogP contribution in [-0.4, -0.2) is 28.9 Å². The number of benzene rings is 1. The predicted molar refractivity (Wildman–Crippen MR) is 72.9 cm³/mol. The molecule has 2 heterocycles. The van der Waals surface area contributed by atoms with E-state index in [1.165, 1.54) is 4.70 Å². The Morgan fingerprint density at radius 3 is 3.06 bits per heavy atom. The highest BCUT2D eigenvalue weighted by atomic mass is 32.1. The Labute approximate surface area is 110 Å². The van der Waals surface area contributed by atoms with Crippen LogP contribution in [0, 0.1) is 0 Å². The van der Waals surface area contributed by atoms with E-state index in [2.05, 4.69) is 11.1 Å². The highest BCUT2D eigenvalue weighted by Crippen LogP contribution is 2.29. The van der Waals surface area contributed by atoms with Gasteiger partial charge in [0.2, 0.25) is 0 Å². The summed E-state index contributed by atoms with van der Waals surface area (Å²) in [6.07, 6.45) is 3.10. The Morgan fingerprint density at radius 1 is 1.28 bits per heavy atom. The first kappa shape index (κ1) is 12.1. The van der Waals surface area contributed by atoms with Crippen LogP contribution < -0.4 is 0 Å². The van der Waals surface area contributed by atoms with Crippen LogP contribution in [0.3, 0.4) is 0 Å². The molecule has 0 bridgehead atoms. The molecule has 1 atom stereocenters. The third kappa shape index (κ3) is 2.55. The van der Waals surface area contributed by atoms with Crippen molar-refractivity contribution in [2.45, 2.75) is 31.3 Å². The Balaban J connectivity index is 1.82. The third-order valence-corrected chi connectivity index (χ3v) is 4.50. The molecule has 1 saturated heterocycles. The number of hydrogen-bond donors (Lipinski definition) is 1. The van der Waals surface area contributed by atoms with Gasteiger partial charge in [-0.05, 0) is 31.4 Å². The van der Waals surface area contributed by atoms with Crippen molar-refractivity contribution in [3.63, 3.8) is 0 Å². The maximum atomic E-state index is 10.6. The topological polar surface area (TPSA) is 42.4 Å². The summed E-state index contributed by atoms with van der Waals surface area (Å²) in [5.74, 6) is 0. The van der Waals surface area contributed by atoms with Gasteiger partial charge in [0.1, 0.15) is 0 Å². The summed E-state index contributed by atoms with van der Waals surface area (Å²) in [4.78, 5) is 4.60. The molecule has 1 aromatic carbocycles. The largest absolute Gasteiger partial charge is 0.389 e. The molecule has 2 aromatic rings. The lowest BCUT2D eigenvalue weighted by Gasteiger charge is -2.24. The molecular weight excluding hydrogens is 246 g/mol. The van der Waals surface area contributed by atoms with Crippen molar-refractivity contribution in [3.05, 3.63) is 29.3 Å². The summed E-state index contributed by atoms with van der Waals surface area (Å²) in [5.41, 5.74) is 0.399. The molecule has 0 amide bonds. The Morgan fingerprint density at radius 2 is 2.17 bits per heavy atom. The van der Waals surface area contributed by atoms with Crippen LogP contribution in [0.25, 0.3) is 10.2 Å². The standard InChI is InChI=1S/C14H17NO2S/c16-14(6-3-8-17-9-7-14)10-13-15-11-4-1-2-5-12(11)18-13/h1-2,4-5,16H,3,6-10H2. The second-order valence-electron chi connectivity index (χ2n) is 4.94. The van der Waals surface area contributed by atoms with E-state index in [4.69, 9.17) is 4.74 Å². The number of hydrogen-bond acceptors (Lipinski definition) is 4. The number of aliphatic hydroxyl groups is 1. The van der Waals surface area contributed by atoms with Gasteiger partial charge in [0.25, 0.3) is 0 Å².